The number of anilines is 1. The number of nitrogens with zero attached hydrogens (tertiary/aromatic N) is 2. The van der Waals surface area contributed by atoms with Crippen molar-refractivity contribution < 1.29 is 23.8 Å². The van der Waals surface area contributed by atoms with Crippen LogP contribution in [0.3, 0.4) is 0 Å². The highest BCUT2D eigenvalue weighted by Crippen LogP contribution is 2.48. The number of carbonyl (C=O) groups is 2. The average molecular weight is 434 g/mol. The smallest absolute Gasteiger partial charge is 0.295 e. The molecule has 1 aromatic carbocycles. The second-order valence-electron chi connectivity index (χ2n) is 8.26. The normalized spacial score (nSPS) is 24.7. The van der Waals surface area contributed by atoms with Crippen molar-refractivity contribution >= 4 is 17.5 Å². The molecule has 3 aliphatic rings. The minimum Gasteiger partial charge on any atom is -0.493 e. The molecule has 0 spiro atoms. The molecule has 7 nitrogen and oxygen atoms in total. The van der Waals surface area contributed by atoms with E-state index in [0.29, 0.717) is 29.5 Å². The molecule has 1 aromatic heterocycles. The van der Waals surface area contributed by atoms with E-state index >= 15 is 0 Å². The molecule has 1 fully saturated rings. The lowest BCUT2D eigenvalue weighted by molar-refractivity contribution is -0.131. The van der Waals surface area contributed by atoms with E-state index in [9.17, 15) is 9.59 Å². The first-order valence-electron chi connectivity index (χ1n) is 11.1. The van der Waals surface area contributed by atoms with Crippen LogP contribution in [0.1, 0.15) is 44.2 Å². The highest BCUT2D eigenvalue weighted by molar-refractivity contribution is 6.17. The highest BCUT2D eigenvalue weighted by atomic mass is 16.5. The number of carbonyl (C=O) groups excluding carboxylic acids is 2. The number of hydrogen-bond acceptors (Lipinski definition) is 6. The number of benzene rings is 1. The predicted octanol–water partition coefficient (Wildman–Crippen LogP) is 3.99. The molecule has 1 aliphatic carbocycles. The van der Waals surface area contributed by atoms with Crippen LogP contribution in [0.5, 0.6) is 11.5 Å². The molecule has 166 valence electrons. The summed E-state index contributed by atoms with van der Waals surface area (Å²) in [5, 5.41) is 0. The third kappa shape index (κ3) is 3.23. The summed E-state index contributed by atoms with van der Waals surface area (Å²) in [4.78, 5) is 33.2. The molecule has 1 saturated carbocycles. The van der Waals surface area contributed by atoms with Gasteiger partial charge >= 0.3 is 0 Å². The Labute approximate surface area is 187 Å². The molecule has 2 aliphatic heterocycles. The second-order valence-corrected chi connectivity index (χ2v) is 8.26. The third-order valence-electron chi connectivity index (χ3n) is 6.46. The Hall–Kier alpha value is -3.35. The first-order valence-corrected chi connectivity index (χ1v) is 11.1. The fourth-order valence-corrected chi connectivity index (χ4v) is 5.02. The van der Waals surface area contributed by atoms with Gasteiger partial charge in [0.25, 0.3) is 5.91 Å². The molecule has 2 aromatic rings. The van der Waals surface area contributed by atoms with Crippen molar-refractivity contribution in [3.63, 3.8) is 0 Å². The number of ether oxygens (including phenoxy) is 3. The van der Waals surface area contributed by atoms with Gasteiger partial charge in [0.15, 0.2) is 23.0 Å². The number of pyridine rings is 1. The standard InChI is InChI=1S/C25H26N2O5/c1-3-31-18-12-11-15(14-19(18)30-2)22-21-23(28)16-8-4-5-9-17(16)32-24(21)25(29)27(22)20-10-6-7-13-26-20/h6-7,10-14,16-17,22H,3-5,8-9H2,1-2H3. The van der Waals surface area contributed by atoms with Gasteiger partial charge in [0.2, 0.25) is 0 Å². The summed E-state index contributed by atoms with van der Waals surface area (Å²) in [5.41, 5.74) is 1.18. The molecule has 3 atom stereocenters. The van der Waals surface area contributed by atoms with Crippen LogP contribution in [-0.2, 0) is 14.3 Å². The second kappa shape index (κ2) is 8.30. The maximum Gasteiger partial charge on any atom is 0.295 e. The molecule has 1 amide bonds. The van der Waals surface area contributed by atoms with Crippen molar-refractivity contribution in [2.75, 3.05) is 18.6 Å². The lowest BCUT2D eigenvalue weighted by Crippen LogP contribution is -2.39. The van der Waals surface area contributed by atoms with E-state index in [-0.39, 0.29) is 29.5 Å². The number of amides is 1. The molecular weight excluding hydrogens is 408 g/mol. The van der Waals surface area contributed by atoms with Gasteiger partial charge in [0, 0.05) is 6.20 Å². The van der Waals surface area contributed by atoms with Crippen LogP contribution >= 0.6 is 0 Å². The summed E-state index contributed by atoms with van der Waals surface area (Å²) < 4.78 is 17.4. The number of fused-ring (bicyclic) bond motifs is 1. The fraction of sp³-hybridized carbons (Fsp3) is 0.400. The van der Waals surface area contributed by atoms with Crippen LogP contribution in [0.15, 0.2) is 53.9 Å². The molecule has 5 rings (SSSR count). The summed E-state index contributed by atoms with van der Waals surface area (Å²) in [6.45, 7) is 2.41. The Morgan fingerprint density at radius 2 is 1.97 bits per heavy atom. The van der Waals surface area contributed by atoms with Crippen LogP contribution in [0.25, 0.3) is 0 Å². The summed E-state index contributed by atoms with van der Waals surface area (Å²) >= 11 is 0. The Kier molecular flexibility index (Phi) is 5.33. The quantitative estimate of drug-likeness (QED) is 0.708. The molecule has 3 unspecified atom stereocenters. The number of aromatic nitrogens is 1. The maximum atomic E-state index is 13.7. The zero-order valence-electron chi connectivity index (χ0n) is 18.2. The lowest BCUT2D eigenvalue weighted by Gasteiger charge is -2.35. The molecule has 0 bridgehead atoms. The van der Waals surface area contributed by atoms with E-state index in [1.54, 1.807) is 30.3 Å². The van der Waals surface area contributed by atoms with Crippen LogP contribution in [0.4, 0.5) is 5.82 Å². The third-order valence-corrected chi connectivity index (χ3v) is 6.46. The molecule has 0 N–H and O–H groups in total. The first kappa shape index (κ1) is 20.5. The molecule has 0 saturated heterocycles. The van der Waals surface area contributed by atoms with E-state index in [4.69, 9.17) is 14.2 Å². The Morgan fingerprint density at radius 1 is 1.12 bits per heavy atom. The Balaban J connectivity index is 1.65. The Bertz CT molecular complexity index is 1080. The molecule has 7 heteroatoms. The van der Waals surface area contributed by atoms with Gasteiger partial charge in [-0.05, 0) is 56.0 Å². The van der Waals surface area contributed by atoms with Gasteiger partial charge in [0.1, 0.15) is 11.9 Å². The average Bonchev–Trinajstić information content (AvgIpc) is 3.13. The van der Waals surface area contributed by atoms with Gasteiger partial charge < -0.3 is 14.2 Å². The van der Waals surface area contributed by atoms with Crippen LogP contribution in [0.2, 0.25) is 0 Å². The maximum absolute atomic E-state index is 13.7. The van der Waals surface area contributed by atoms with Crippen molar-refractivity contribution in [1.29, 1.82) is 0 Å². The van der Waals surface area contributed by atoms with Gasteiger partial charge in [-0.2, -0.15) is 0 Å². The highest BCUT2D eigenvalue weighted by Gasteiger charge is 2.52. The SMILES string of the molecule is CCOc1ccc(C2C3=C(OC4CCCCC4C3=O)C(=O)N2c2ccccn2)cc1OC. The van der Waals surface area contributed by atoms with Crippen molar-refractivity contribution in [3.8, 4) is 11.5 Å². The van der Waals surface area contributed by atoms with Crippen LogP contribution < -0.4 is 14.4 Å². The van der Waals surface area contributed by atoms with Gasteiger partial charge in [-0.3, -0.25) is 14.5 Å². The Morgan fingerprint density at radius 3 is 2.72 bits per heavy atom. The van der Waals surface area contributed by atoms with Crippen molar-refractivity contribution in [3.05, 3.63) is 59.5 Å². The zero-order valence-corrected chi connectivity index (χ0v) is 18.2. The summed E-state index contributed by atoms with van der Waals surface area (Å²) in [6.07, 6.45) is 5.01. The fourth-order valence-electron chi connectivity index (χ4n) is 5.02. The van der Waals surface area contributed by atoms with Gasteiger partial charge in [-0.25, -0.2) is 4.98 Å². The molecular formula is C25H26N2O5. The van der Waals surface area contributed by atoms with Gasteiger partial charge in [0.05, 0.1) is 31.2 Å². The van der Waals surface area contributed by atoms with Crippen molar-refractivity contribution in [2.45, 2.75) is 44.8 Å². The van der Waals surface area contributed by atoms with E-state index in [1.165, 1.54) is 0 Å². The van der Waals surface area contributed by atoms with E-state index in [0.717, 1.165) is 31.2 Å². The lowest BCUT2D eigenvalue weighted by atomic mass is 9.77. The van der Waals surface area contributed by atoms with Gasteiger partial charge in [-0.1, -0.05) is 18.6 Å². The predicted molar refractivity (Wildman–Crippen MR) is 117 cm³/mol. The molecule has 32 heavy (non-hydrogen) atoms. The van der Waals surface area contributed by atoms with Crippen LogP contribution in [0, 0.1) is 5.92 Å². The first-order chi connectivity index (χ1) is 15.6. The van der Waals surface area contributed by atoms with E-state index < -0.39 is 6.04 Å². The zero-order chi connectivity index (χ0) is 22.2. The summed E-state index contributed by atoms with van der Waals surface area (Å²) in [5.74, 6) is 1.29. The summed E-state index contributed by atoms with van der Waals surface area (Å²) in [7, 11) is 1.57. The minimum absolute atomic E-state index is 0.0144. The van der Waals surface area contributed by atoms with Crippen molar-refractivity contribution in [2.24, 2.45) is 5.92 Å². The van der Waals surface area contributed by atoms with Crippen molar-refractivity contribution in [1.82, 2.24) is 4.98 Å². The molecule has 3 heterocycles. The number of ketones is 1. The number of rotatable bonds is 5. The van der Waals surface area contributed by atoms with Crippen LogP contribution in [-0.4, -0.2) is 36.5 Å². The molecule has 0 radical (unpaired) electrons. The number of Topliss-reactive ketones (excluding diaryl/α,β-unsaturated/α-hetero) is 1. The van der Waals surface area contributed by atoms with E-state index in [1.807, 2.05) is 31.2 Å². The largest absolute Gasteiger partial charge is 0.493 e. The number of hydrogen-bond donors (Lipinski definition) is 0. The van der Waals surface area contributed by atoms with E-state index in [2.05, 4.69) is 4.98 Å². The number of methoxy groups -OCH3 is 1. The van der Waals surface area contributed by atoms with Gasteiger partial charge in [-0.15, -0.1) is 0 Å². The topological polar surface area (TPSA) is 78.0 Å². The monoisotopic (exact) mass is 434 g/mol. The minimum atomic E-state index is -0.632. The summed E-state index contributed by atoms with van der Waals surface area (Å²) in [6, 6.07) is 10.3.